The number of halogens is 2. The van der Waals surface area contributed by atoms with Gasteiger partial charge in [-0.25, -0.2) is 8.78 Å². The summed E-state index contributed by atoms with van der Waals surface area (Å²) < 4.78 is 27.8. The van der Waals surface area contributed by atoms with Crippen molar-refractivity contribution >= 4 is 5.91 Å². The van der Waals surface area contributed by atoms with Crippen LogP contribution in [0.3, 0.4) is 0 Å². The Hall–Kier alpha value is -3.87. The van der Waals surface area contributed by atoms with Crippen molar-refractivity contribution in [1.29, 1.82) is 0 Å². The number of carbonyl (C=O) groups excluding carboxylic acids is 1. The summed E-state index contributed by atoms with van der Waals surface area (Å²) >= 11 is 0. The molecule has 0 fully saturated rings. The molecule has 2 atom stereocenters. The predicted octanol–water partition coefficient (Wildman–Crippen LogP) is 5.61. The third kappa shape index (κ3) is 8.57. The van der Waals surface area contributed by atoms with E-state index in [1.54, 1.807) is 6.07 Å². The first kappa shape index (κ1) is 28.1. The molecule has 0 aliphatic heterocycles. The van der Waals surface area contributed by atoms with Gasteiger partial charge in [0, 0.05) is 24.7 Å². The number of aryl methyl sites for hydroxylation is 1. The van der Waals surface area contributed by atoms with E-state index in [9.17, 15) is 18.7 Å². The average molecular weight is 529 g/mol. The molecule has 0 saturated heterocycles. The lowest BCUT2D eigenvalue weighted by atomic mass is 9.99. The fraction of sp³-hybridized carbons (Fsp3) is 0.242. The number of aliphatic hydroxyl groups is 1. The second-order valence-corrected chi connectivity index (χ2v) is 9.80. The Morgan fingerprint density at radius 1 is 0.769 bits per heavy atom. The van der Waals surface area contributed by atoms with Crippen LogP contribution in [-0.4, -0.2) is 29.7 Å². The molecule has 0 aliphatic rings. The van der Waals surface area contributed by atoms with Gasteiger partial charge in [-0.2, -0.15) is 0 Å². The molecule has 4 nitrogen and oxygen atoms in total. The van der Waals surface area contributed by atoms with Gasteiger partial charge >= 0.3 is 0 Å². The number of aliphatic hydroxyl groups excluding tert-OH is 1. The van der Waals surface area contributed by atoms with E-state index >= 15 is 0 Å². The maximum atomic E-state index is 13.9. The average Bonchev–Trinajstić information content (AvgIpc) is 2.93. The van der Waals surface area contributed by atoms with Gasteiger partial charge < -0.3 is 15.7 Å². The van der Waals surface area contributed by atoms with Crippen LogP contribution in [-0.2, 0) is 25.8 Å². The van der Waals surface area contributed by atoms with Crippen molar-refractivity contribution in [2.75, 3.05) is 6.54 Å². The summed E-state index contributed by atoms with van der Waals surface area (Å²) in [6.07, 6.45) is 0.682. The molecule has 39 heavy (non-hydrogen) atoms. The molecule has 3 N–H and O–H groups in total. The lowest BCUT2D eigenvalue weighted by molar-refractivity contribution is 0.0829. The topological polar surface area (TPSA) is 61.4 Å². The molecule has 0 spiro atoms. The third-order valence-corrected chi connectivity index (χ3v) is 6.68. The SMILES string of the molecule is CCc1cccc(CNC[C@@H](O)[C@H](Cc2cc(F)cc(F)c2)NC(=O)c2cccc(Cc3ccccc3)c2)c1. The Morgan fingerprint density at radius 2 is 1.44 bits per heavy atom. The van der Waals surface area contributed by atoms with Gasteiger partial charge in [0.05, 0.1) is 12.1 Å². The molecular weight excluding hydrogens is 494 g/mol. The molecular formula is C33H34F2N2O2. The van der Waals surface area contributed by atoms with E-state index < -0.39 is 23.8 Å². The number of hydrogen-bond donors (Lipinski definition) is 3. The van der Waals surface area contributed by atoms with Crippen molar-refractivity contribution in [2.24, 2.45) is 0 Å². The molecule has 4 aromatic rings. The molecule has 1 amide bonds. The summed E-state index contributed by atoms with van der Waals surface area (Å²) in [5, 5.41) is 17.2. The van der Waals surface area contributed by atoms with Gasteiger partial charge in [-0.3, -0.25) is 4.79 Å². The number of carbonyl (C=O) groups is 1. The van der Waals surface area contributed by atoms with Crippen molar-refractivity contribution in [2.45, 2.75) is 44.9 Å². The summed E-state index contributed by atoms with van der Waals surface area (Å²) in [4.78, 5) is 13.3. The van der Waals surface area contributed by atoms with Gasteiger partial charge in [0.2, 0.25) is 0 Å². The number of hydrogen-bond acceptors (Lipinski definition) is 3. The standard InChI is InChI=1S/C33H34F2N2O2/c1-2-23-10-6-12-26(14-23)21-36-22-32(38)31(19-27-17-29(34)20-30(35)18-27)37-33(39)28-13-7-11-25(16-28)15-24-8-4-3-5-9-24/h3-14,16-18,20,31-32,36,38H,2,15,19,21-22H2,1H3,(H,37,39)/t31-,32+/m0/s1. The van der Waals surface area contributed by atoms with Crippen molar-refractivity contribution in [3.8, 4) is 0 Å². The van der Waals surface area contributed by atoms with Crippen LogP contribution in [0.5, 0.6) is 0 Å². The molecule has 0 aromatic heterocycles. The van der Waals surface area contributed by atoms with Crippen LogP contribution < -0.4 is 10.6 Å². The van der Waals surface area contributed by atoms with Crippen molar-refractivity contribution < 1.29 is 18.7 Å². The van der Waals surface area contributed by atoms with Crippen LogP contribution in [0.25, 0.3) is 0 Å². The first-order valence-electron chi connectivity index (χ1n) is 13.2. The van der Waals surface area contributed by atoms with Gasteiger partial charge in [0.25, 0.3) is 5.91 Å². The Bertz CT molecular complexity index is 1360. The van der Waals surface area contributed by atoms with Gasteiger partial charge in [-0.05, 0) is 71.3 Å². The van der Waals surface area contributed by atoms with Gasteiger partial charge in [-0.15, -0.1) is 0 Å². The summed E-state index contributed by atoms with van der Waals surface area (Å²) in [5.41, 5.74) is 5.23. The van der Waals surface area contributed by atoms with Gasteiger partial charge in [0.15, 0.2) is 0 Å². The van der Waals surface area contributed by atoms with E-state index in [-0.39, 0.29) is 18.9 Å². The smallest absolute Gasteiger partial charge is 0.251 e. The third-order valence-electron chi connectivity index (χ3n) is 6.68. The lowest BCUT2D eigenvalue weighted by Crippen LogP contribution is -2.48. The maximum Gasteiger partial charge on any atom is 0.251 e. The van der Waals surface area contributed by atoms with E-state index in [0.717, 1.165) is 29.2 Å². The molecule has 0 saturated carbocycles. The van der Waals surface area contributed by atoms with Crippen LogP contribution in [0.4, 0.5) is 8.78 Å². The summed E-state index contributed by atoms with van der Waals surface area (Å²) in [6, 6.07) is 28.0. The van der Waals surface area contributed by atoms with Crippen molar-refractivity contribution in [3.63, 3.8) is 0 Å². The molecule has 0 bridgehead atoms. The predicted molar refractivity (Wildman–Crippen MR) is 151 cm³/mol. The van der Waals surface area contributed by atoms with Crippen molar-refractivity contribution in [3.05, 3.63) is 142 Å². The zero-order chi connectivity index (χ0) is 27.6. The second-order valence-electron chi connectivity index (χ2n) is 9.80. The highest BCUT2D eigenvalue weighted by atomic mass is 19.1. The zero-order valence-electron chi connectivity index (χ0n) is 22.0. The summed E-state index contributed by atoms with van der Waals surface area (Å²) in [7, 11) is 0. The molecule has 0 unspecified atom stereocenters. The zero-order valence-corrected chi connectivity index (χ0v) is 22.0. The van der Waals surface area contributed by atoms with Crippen molar-refractivity contribution in [1.82, 2.24) is 10.6 Å². The Morgan fingerprint density at radius 3 is 2.18 bits per heavy atom. The first-order valence-corrected chi connectivity index (χ1v) is 13.2. The first-order chi connectivity index (χ1) is 18.9. The van der Waals surface area contributed by atoms with Crippen LogP contribution >= 0.6 is 0 Å². The second kappa shape index (κ2) is 13.8. The Balaban J connectivity index is 1.46. The van der Waals surface area contributed by atoms with Gasteiger partial charge in [-0.1, -0.05) is 73.7 Å². The molecule has 0 heterocycles. The van der Waals surface area contributed by atoms with Gasteiger partial charge in [0.1, 0.15) is 11.6 Å². The molecule has 0 radical (unpaired) electrons. The summed E-state index contributed by atoms with van der Waals surface area (Å²) in [5.74, 6) is -1.76. The maximum absolute atomic E-state index is 13.9. The minimum atomic E-state index is -0.998. The Kier molecular flexibility index (Phi) is 9.95. The minimum absolute atomic E-state index is 0.0678. The molecule has 4 rings (SSSR count). The van der Waals surface area contributed by atoms with Crippen LogP contribution in [0.15, 0.2) is 97.1 Å². The minimum Gasteiger partial charge on any atom is -0.390 e. The highest BCUT2D eigenvalue weighted by Gasteiger charge is 2.23. The highest BCUT2D eigenvalue weighted by molar-refractivity contribution is 5.94. The number of rotatable bonds is 12. The monoisotopic (exact) mass is 528 g/mol. The number of amides is 1. The van der Waals surface area contributed by atoms with E-state index in [2.05, 4.69) is 29.7 Å². The van der Waals surface area contributed by atoms with Crippen LogP contribution in [0.2, 0.25) is 0 Å². The lowest BCUT2D eigenvalue weighted by Gasteiger charge is -2.25. The quantitative estimate of drug-likeness (QED) is 0.224. The normalized spacial score (nSPS) is 12.6. The van der Waals surface area contributed by atoms with E-state index in [0.29, 0.717) is 24.1 Å². The molecule has 4 aromatic carbocycles. The molecule has 6 heteroatoms. The van der Waals surface area contributed by atoms with E-state index in [1.807, 2.05) is 60.7 Å². The molecule has 202 valence electrons. The van der Waals surface area contributed by atoms with Crippen LogP contribution in [0, 0.1) is 11.6 Å². The molecule has 0 aliphatic carbocycles. The fourth-order valence-electron chi connectivity index (χ4n) is 4.64. The highest BCUT2D eigenvalue weighted by Crippen LogP contribution is 2.15. The van der Waals surface area contributed by atoms with Crippen LogP contribution in [0.1, 0.15) is 45.1 Å². The largest absolute Gasteiger partial charge is 0.390 e. The Labute approximate surface area is 228 Å². The fourth-order valence-corrected chi connectivity index (χ4v) is 4.64. The van der Waals surface area contributed by atoms with E-state index in [1.165, 1.54) is 17.7 Å². The number of nitrogens with one attached hydrogen (secondary N) is 2. The van der Waals surface area contributed by atoms with E-state index in [4.69, 9.17) is 0 Å². The summed E-state index contributed by atoms with van der Waals surface area (Å²) in [6.45, 7) is 2.82. The number of benzene rings is 4.